The molecule has 0 amide bonds. The summed E-state index contributed by atoms with van der Waals surface area (Å²) in [7, 11) is 6.35. The molecule has 0 unspecified atom stereocenters. The maximum absolute atomic E-state index is 12.0. The lowest BCUT2D eigenvalue weighted by Crippen LogP contribution is -2.34. The maximum Gasteiger partial charge on any atom is 0.310 e. The second-order valence-corrected chi connectivity index (χ2v) is 9.11. The van der Waals surface area contributed by atoms with Crippen LogP contribution in [0.25, 0.3) is 0 Å². The lowest BCUT2D eigenvalue weighted by Gasteiger charge is -2.23. The summed E-state index contributed by atoms with van der Waals surface area (Å²) in [6, 6.07) is 15.2. The number of benzene rings is 2. The van der Waals surface area contributed by atoms with Crippen LogP contribution in [0.15, 0.2) is 48.5 Å². The number of rotatable bonds is 14. The molecule has 0 fully saturated rings. The van der Waals surface area contributed by atoms with E-state index in [1.165, 1.54) is 12.6 Å². The highest BCUT2D eigenvalue weighted by molar-refractivity contribution is 5.72. The van der Waals surface area contributed by atoms with E-state index in [-0.39, 0.29) is 11.9 Å². The molecule has 0 N–H and O–H groups in total. The molecule has 2 aromatic carbocycles. The van der Waals surface area contributed by atoms with Crippen molar-refractivity contribution in [2.24, 2.45) is 0 Å². The Morgan fingerprint density at radius 2 is 1.39 bits per heavy atom. The SMILES string of the molecule is CC(=O)Oc1cccc(OCCCCCCCCOC(=O)Cc2ccc([N+](C)(C)C)cc2)c1. The predicted octanol–water partition coefficient (Wildman–Crippen LogP) is 5.31. The van der Waals surface area contributed by atoms with E-state index in [2.05, 4.69) is 33.3 Å². The monoisotopic (exact) mass is 456 g/mol. The number of esters is 2. The van der Waals surface area contributed by atoms with Crippen LogP contribution in [0.3, 0.4) is 0 Å². The van der Waals surface area contributed by atoms with E-state index in [4.69, 9.17) is 14.2 Å². The molecule has 0 aliphatic rings. The lowest BCUT2D eigenvalue weighted by molar-refractivity contribution is -0.143. The normalized spacial score (nSPS) is 11.2. The average molecular weight is 457 g/mol. The van der Waals surface area contributed by atoms with Crippen LogP contribution in [0.5, 0.6) is 11.5 Å². The molecular formula is C27H38NO5+. The predicted molar refractivity (Wildman–Crippen MR) is 132 cm³/mol. The highest BCUT2D eigenvalue weighted by Gasteiger charge is 2.12. The van der Waals surface area contributed by atoms with Crippen LogP contribution in [0.4, 0.5) is 5.69 Å². The zero-order chi connectivity index (χ0) is 24.1. The van der Waals surface area contributed by atoms with Crippen molar-refractivity contribution in [2.75, 3.05) is 34.4 Å². The number of carbonyl (C=O) groups is 2. The zero-order valence-electron chi connectivity index (χ0n) is 20.5. The molecule has 0 heterocycles. The molecule has 180 valence electrons. The Morgan fingerprint density at radius 3 is 2.03 bits per heavy atom. The van der Waals surface area contributed by atoms with Crippen molar-refractivity contribution in [3.8, 4) is 11.5 Å². The molecule has 33 heavy (non-hydrogen) atoms. The first-order valence-corrected chi connectivity index (χ1v) is 11.7. The zero-order valence-corrected chi connectivity index (χ0v) is 20.5. The fourth-order valence-corrected chi connectivity index (χ4v) is 3.36. The third-order valence-electron chi connectivity index (χ3n) is 5.20. The van der Waals surface area contributed by atoms with Crippen LogP contribution in [-0.4, -0.2) is 46.3 Å². The van der Waals surface area contributed by atoms with Gasteiger partial charge in [-0.2, -0.15) is 0 Å². The minimum atomic E-state index is -0.341. The van der Waals surface area contributed by atoms with Crippen molar-refractivity contribution < 1.29 is 23.8 Å². The molecule has 6 nitrogen and oxygen atoms in total. The van der Waals surface area contributed by atoms with Crippen molar-refractivity contribution in [2.45, 2.75) is 51.9 Å². The topological polar surface area (TPSA) is 61.8 Å². The number of hydrogen-bond donors (Lipinski definition) is 0. The largest absolute Gasteiger partial charge is 0.493 e. The first kappa shape index (κ1) is 26.4. The fourth-order valence-electron chi connectivity index (χ4n) is 3.36. The third-order valence-corrected chi connectivity index (χ3v) is 5.20. The van der Waals surface area contributed by atoms with Crippen molar-refractivity contribution in [3.63, 3.8) is 0 Å². The summed E-state index contributed by atoms with van der Waals surface area (Å²) in [5.74, 6) is 0.702. The van der Waals surface area contributed by atoms with Crippen molar-refractivity contribution >= 4 is 17.6 Å². The molecule has 0 aliphatic carbocycles. The van der Waals surface area contributed by atoms with Gasteiger partial charge in [0.05, 0.1) is 40.8 Å². The van der Waals surface area contributed by atoms with Crippen LogP contribution in [-0.2, 0) is 20.7 Å². The molecule has 0 saturated heterocycles. The fraction of sp³-hybridized carbons (Fsp3) is 0.481. The van der Waals surface area contributed by atoms with Crippen LogP contribution in [0, 0.1) is 0 Å². The molecule has 0 radical (unpaired) electrons. The molecule has 6 heteroatoms. The molecular weight excluding hydrogens is 418 g/mol. The van der Waals surface area contributed by atoms with Gasteiger partial charge in [0.15, 0.2) is 0 Å². The number of hydrogen-bond acceptors (Lipinski definition) is 5. The molecule has 0 spiro atoms. The van der Waals surface area contributed by atoms with E-state index in [0.717, 1.165) is 48.6 Å². The highest BCUT2D eigenvalue weighted by Crippen LogP contribution is 2.20. The lowest BCUT2D eigenvalue weighted by atomic mass is 10.1. The Bertz CT molecular complexity index is 871. The summed E-state index contributed by atoms with van der Waals surface area (Å²) >= 11 is 0. The van der Waals surface area contributed by atoms with Gasteiger partial charge >= 0.3 is 11.9 Å². The number of ether oxygens (including phenoxy) is 3. The summed E-state index contributed by atoms with van der Waals surface area (Å²) in [6.07, 6.45) is 6.57. The first-order chi connectivity index (χ1) is 15.7. The van der Waals surface area contributed by atoms with E-state index >= 15 is 0 Å². The van der Waals surface area contributed by atoms with E-state index in [9.17, 15) is 9.59 Å². The van der Waals surface area contributed by atoms with Gasteiger partial charge in [-0.15, -0.1) is 0 Å². The smallest absolute Gasteiger partial charge is 0.310 e. The number of nitrogens with zero attached hydrogens (tertiary/aromatic N) is 1. The van der Waals surface area contributed by atoms with E-state index in [1.807, 2.05) is 24.3 Å². The van der Waals surface area contributed by atoms with Crippen LogP contribution in [0.2, 0.25) is 0 Å². The highest BCUT2D eigenvalue weighted by atomic mass is 16.5. The molecule has 0 aliphatic heterocycles. The summed E-state index contributed by atoms with van der Waals surface area (Å²) in [5.41, 5.74) is 2.18. The maximum atomic E-state index is 12.0. The Morgan fingerprint density at radius 1 is 0.788 bits per heavy atom. The average Bonchev–Trinajstić information content (AvgIpc) is 2.74. The van der Waals surface area contributed by atoms with Gasteiger partial charge in [0.25, 0.3) is 0 Å². The second-order valence-electron chi connectivity index (χ2n) is 9.11. The van der Waals surface area contributed by atoms with Crippen LogP contribution < -0.4 is 14.0 Å². The van der Waals surface area contributed by atoms with Gasteiger partial charge in [-0.25, -0.2) is 0 Å². The summed E-state index contributed by atoms with van der Waals surface area (Å²) in [5, 5.41) is 0. The minimum Gasteiger partial charge on any atom is -0.493 e. The minimum absolute atomic E-state index is 0.164. The Kier molecular flexibility index (Phi) is 10.9. The molecule has 0 saturated carbocycles. The van der Waals surface area contributed by atoms with Gasteiger partial charge in [0, 0.05) is 13.0 Å². The van der Waals surface area contributed by atoms with Gasteiger partial charge < -0.3 is 14.2 Å². The second kappa shape index (κ2) is 13.6. The molecule has 0 aromatic heterocycles. The first-order valence-electron chi connectivity index (χ1n) is 11.7. The Hall–Kier alpha value is -2.86. The van der Waals surface area contributed by atoms with Crippen LogP contribution >= 0.6 is 0 Å². The van der Waals surface area contributed by atoms with Crippen molar-refractivity contribution in [1.29, 1.82) is 0 Å². The van der Waals surface area contributed by atoms with Crippen molar-refractivity contribution in [3.05, 3.63) is 54.1 Å². The molecule has 2 aromatic rings. The van der Waals surface area contributed by atoms with Gasteiger partial charge in [0.1, 0.15) is 17.2 Å². The quantitative estimate of drug-likeness (QED) is 0.167. The molecule has 2 rings (SSSR count). The summed E-state index contributed by atoms with van der Waals surface area (Å²) in [4.78, 5) is 23.0. The van der Waals surface area contributed by atoms with E-state index in [1.54, 1.807) is 12.1 Å². The number of unbranched alkanes of at least 4 members (excludes halogenated alkanes) is 5. The molecule has 0 bridgehead atoms. The Balaban J connectivity index is 1.47. The van der Waals surface area contributed by atoms with Gasteiger partial charge in [-0.05, 0) is 42.7 Å². The summed E-state index contributed by atoms with van der Waals surface area (Å²) < 4.78 is 16.9. The number of quaternary nitrogens is 1. The molecule has 0 atom stereocenters. The van der Waals surface area contributed by atoms with Gasteiger partial charge in [0.2, 0.25) is 0 Å². The third kappa shape index (κ3) is 11.0. The van der Waals surface area contributed by atoms with E-state index < -0.39 is 0 Å². The van der Waals surface area contributed by atoms with Crippen LogP contribution in [0.1, 0.15) is 51.0 Å². The summed E-state index contributed by atoms with van der Waals surface area (Å²) in [6.45, 7) is 2.50. The van der Waals surface area contributed by atoms with Crippen molar-refractivity contribution in [1.82, 2.24) is 4.48 Å². The number of carbonyl (C=O) groups excluding carboxylic acids is 2. The van der Waals surface area contributed by atoms with Gasteiger partial charge in [-0.1, -0.05) is 43.9 Å². The Labute approximate surface area is 198 Å². The van der Waals surface area contributed by atoms with Gasteiger partial charge in [-0.3, -0.25) is 14.1 Å². The standard InChI is InChI=1S/C27H38NO5/c1-22(29)33-26-13-11-12-25(21-26)31-18-9-7-5-6-8-10-19-32-27(30)20-23-14-16-24(17-15-23)28(2,3)4/h11-17,21H,5-10,18-20H2,1-4H3/q+1. The van der Waals surface area contributed by atoms with E-state index in [0.29, 0.717) is 31.1 Å².